The van der Waals surface area contributed by atoms with Crippen LogP contribution in [0.4, 0.5) is 5.82 Å². The van der Waals surface area contributed by atoms with E-state index in [4.69, 9.17) is 11.6 Å². The number of hydrazine groups is 1. The average molecular weight is 243 g/mol. The summed E-state index contributed by atoms with van der Waals surface area (Å²) in [6.45, 7) is 1.76. The molecule has 1 aromatic rings. The molecule has 13 heavy (non-hydrogen) atoms. The minimum atomic E-state index is 0.632. The number of rotatable bonds is 2. The van der Waals surface area contributed by atoms with E-state index in [2.05, 4.69) is 20.9 Å². The predicted molar refractivity (Wildman–Crippen MR) is 56.5 cm³/mol. The maximum atomic E-state index is 5.65. The summed E-state index contributed by atoms with van der Waals surface area (Å²) in [5.74, 6) is 6.29. The molecule has 4 nitrogen and oxygen atoms in total. The highest BCUT2D eigenvalue weighted by Crippen LogP contribution is 2.12. The minimum absolute atomic E-state index is 0.632. The van der Waals surface area contributed by atoms with Gasteiger partial charge in [-0.1, -0.05) is 0 Å². The second kappa shape index (κ2) is 4.25. The minimum Gasteiger partial charge on any atom is -0.401 e. The van der Waals surface area contributed by atoms with Gasteiger partial charge in [0.15, 0.2) is 0 Å². The molecule has 0 spiro atoms. The zero-order valence-corrected chi connectivity index (χ0v) is 8.82. The van der Waals surface area contributed by atoms with Gasteiger partial charge in [0.05, 0.1) is 0 Å². The summed E-state index contributed by atoms with van der Waals surface area (Å²) < 4.78 is 0.915. The Kier molecular flexibility index (Phi) is 3.27. The molecule has 0 aromatic carbocycles. The molecule has 0 amide bonds. The van der Waals surface area contributed by atoms with E-state index >= 15 is 0 Å². The molecule has 0 fully saturated rings. The smallest absolute Gasteiger partial charge is 0.146 e. The number of aromatic nitrogens is 1. The van der Waals surface area contributed by atoms with Crippen LogP contribution in [0.15, 0.2) is 34.7 Å². The highest BCUT2D eigenvalue weighted by Gasteiger charge is 1.98. The third-order valence-corrected chi connectivity index (χ3v) is 1.79. The van der Waals surface area contributed by atoms with Crippen LogP contribution in [0.3, 0.4) is 0 Å². The number of hydrogen-bond acceptors (Lipinski definition) is 4. The molecule has 1 rings (SSSR count). The van der Waals surface area contributed by atoms with Crippen molar-refractivity contribution in [2.45, 2.75) is 6.92 Å². The first-order valence-corrected chi connectivity index (χ1v) is 4.48. The molecule has 0 atom stereocenters. The fourth-order valence-corrected chi connectivity index (χ4v) is 1.04. The highest BCUT2D eigenvalue weighted by atomic mass is 79.9. The summed E-state index contributed by atoms with van der Waals surface area (Å²) >= 11 is 3.28. The maximum Gasteiger partial charge on any atom is 0.146 e. The lowest BCUT2D eigenvalue weighted by Gasteiger charge is -2.12. The topological polar surface area (TPSA) is 68.2 Å². The summed E-state index contributed by atoms with van der Waals surface area (Å²) in [5, 5.41) is 1.38. The van der Waals surface area contributed by atoms with E-state index in [0.29, 0.717) is 11.5 Å². The van der Waals surface area contributed by atoms with E-state index in [0.717, 1.165) is 4.47 Å². The molecule has 0 bridgehead atoms. The van der Waals surface area contributed by atoms with Gasteiger partial charge in [-0.2, -0.15) is 0 Å². The summed E-state index contributed by atoms with van der Waals surface area (Å²) in [6.07, 6.45) is 3.28. The molecule has 5 heteroatoms. The average Bonchev–Trinajstić information content (AvgIpc) is 2.04. The van der Waals surface area contributed by atoms with Crippen LogP contribution in [0, 0.1) is 0 Å². The van der Waals surface area contributed by atoms with Gasteiger partial charge < -0.3 is 5.73 Å². The zero-order chi connectivity index (χ0) is 9.84. The summed E-state index contributed by atoms with van der Waals surface area (Å²) in [6, 6.07) is 3.66. The second-order valence-electron chi connectivity index (χ2n) is 2.62. The molecule has 1 heterocycles. The maximum absolute atomic E-state index is 5.65. The van der Waals surface area contributed by atoms with Crippen molar-refractivity contribution >= 4 is 21.7 Å². The Bertz CT molecular complexity index is 302. The lowest BCUT2D eigenvalue weighted by atomic mass is 10.4. The number of halogens is 1. The standard InChI is InChI=1S/C8H11BrN4/c1-6(10)5-13(11)8-3-2-7(9)4-12-8/h2-5H,10-11H2,1H3/b6-5-. The third kappa shape index (κ3) is 3.04. The van der Waals surface area contributed by atoms with Crippen molar-refractivity contribution in [1.29, 1.82) is 0 Å². The highest BCUT2D eigenvalue weighted by molar-refractivity contribution is 9.10. The molecule has 0 saturated heterocycles. The Morgan fingerprint density at radius 1 is 1.62 bits per heavy atom. The van der Waals surface area contributed by atoms with E-state index in [9.17, 15) is 0 Å². The number of nitrogens with two attached hydrogens (primary N) is 2. The quantitative estimate of drug-likeness (QED) is 0.607. The number of anilines is 1. The van der Waals surface area contributed by atoms with Gasteiger partial charge in [-0.25, -0.2) is 10.8 Å². The van der Waals surface area contributed by atoms with E-state index in [1.165, 1.54) is 5.01 Å². The number of allylic oxidation sites excluding steroid dienone is 1. The van der Waals surface area contributed by atoms with Crippen molar-refractivity contribution in [1.82, 2.24) is 4.98 Å². The normalized spacial score (nSPS) is 11.5. The van der Waals surface area contributed by atoms with Gasteiger partial charge in [-0.15, -0.1) is 0 Å². The fraction of sp³-hybridized carbons (Fsp3) is 0.125. The van der Waals surface area contributed by atoms with Crippen molar-refractivity contribution in [3.8, 4) is 0 Å². The van der Waals surface area contributed by atoms with Crippen molar-refractivity contribution < 1.29 is 0 Å². The number of hydrogen-bond donors (Lipinski definition) is 2. The van der Waals surface area contributed by atoms with Gasteiger partial charge in [0.2, 0.25) is 0 Å². The zero-order valence-electron chi connectivity index (χ0n) is 7.24. The molecular weight excluding hydrogens is 232 g/mol. The van der Waals surface area contributed by atoms with Gasteiger partial charge in [0.25, 0.3) is 0 Å². The SMILES string of the molecule is C/C(N)=C/N(N)c1ccc(Br)cn1. The van der Waals surface area contributed by atoms with Crippen LogP contribution in [0.2, 0.25) is 0 Å². The Balaban J connectivity index is 2.83. The molecule has 70 valence electrons. The summed E-state index contributed by atoms with van der Waals surface area (Å²) in [7, 11) is 0. The first-order valence-electron chi connectivity index (χ1n) is 3.69. The molecule has 0 aliphatic carbocycles. The lowest BCUT2D eigenvalue weighted by Crippen LogP contribution is -2.26. The van der Waals surface area contributed by atoms with Gasteiger partial charge >= 0.3 is 0 Å². The Morgan fingerprint density at radius 2 is 2.31 bits per heavy atom. The van der Waals surface area contributed by atoms with Crippen molar-refractivity contribution in [2.75, 3.05) is 5.01 Å². The second-order valence-corrected chi connectivity index (χ2v) is 3.53. The van der Waals surface area contributed by atoms with Crippen molar-refractivity contribution in [3.05, 3.63) is 34.7 Å². The Hall–Kier alpha value is -1.07. The van der Waals surface area contributed by atoms with E-state index < -0.39 is 0 Å². The Morgan fingerprint density at radius 3 is 2.77 bits per heavy atom. The van der Waals surface area contributed by atoms with Crippen molar-refractivity contribution in [3.63, 3.8) is 0 Å². The molecule has 0 unspecified atom stereocenters. The first kappa shape index (κ1) is 10.0. The van der Waals surface area contributed by atoms with Crippen LogP contribution in [0.1, 0.15) is 6.92 Å². The molecule has 1 aromatic heterocycles. The van der Waals surface area contributed by atoms with E-state index in [1.807, 2.05) is 6.07 Å². The molecule has 0 aliphatic rings. The van der Waals surface area contributed by atoms with Gasteiger partial charge in [0.1, 0.15) is 5.82 Å². The number of nitrogens with zero attached hydrogens (tertiary/aromatic N) is 2. The monoisotopic (exact) mass is 242 g/mol. The largest absolute Gasteiger partial charge is 0.401 e. The van der Waals surface area contributed by atoms with Gasteiger partial charge in [-0.3, -0.25) is 5.01 Å². The van der Waals surface area contributed by atoms with Crippen LogP contribution in [0.25, 0.3) is 0 Å². The van der Waals surface area contributed by atoms with Crippen LogP contribution in [-0.4, -0.2) is 4.98 Å². The van der Waals surface area contributed by atoms with Crippen LogP contribution >= 0.6 is 15.9 Å². The molecular formula is C8H11BrN4. The molecule has 0 radical (unpaired) electrons. The van der Waals surface area contributed by atoms with E-state index in [-0.39, 0.29) is 0 Å². The summed E-state index contributed by atoms with van der Waals surface area (Å²) in [4.78, 5) is 4.09. The molecule has 0 aliphatic heterocycles. The first-order chi connectivity index (χ1) is 6.09. The molecule has 0 saturated carbocycles. The fourth-order valence-electron chi connectivity index (χ4n) is 0.806. The van der Waals surface area contributed by atoms with E-state index in [1.54, 1.807) is 25.4 Å². The van der Waals surface area contributed by atoms with Crippen molar-refractivity contribution in [2.24, 2.45) is 11.6 Å². The van der Waals surface area contributed by atoms with Gasteiger partial charge in [-0.05, 0) is 35.0 Å². The van der Waals surface area contributed by atoms with Crippen LogP contribution < -0.4 is 16.6 Å². The van der Waals surface area contributed by atoms with Crippen LogP contribution in [0.5, 0.6) is 0 Å². The predicted octanol–water partition coefficient (Wildman–Crippen LogP) is 1.34. The Labute approximate surface area is 85.3 Å². The van der Waals surface area contributed by atoms with Crippen LogP contribution in [-0.2, 0) is 0 Å². The molecule has 4 N–H and O–H groups in total. The lowest BCUT2D eigenvalue weighted by molar-refractivity contribution is 1.01. The third-order valence-electron chi connectivity index (χ3n) is 1.32. The van der Waals surface area contributed by atoms with Gasteiger partial charge in [0, 0.05) is 22.6 Å². The summed E-state index contributed by atoms with van der Waals surface area (Å²) in [5.41, 5.74) is 6.09. The number of pyridine rings is 1.